The van der Waals surface area contributed by atoms with E-state index >= 15 is 0 Å². The zero-order valence-electron chi connectivity index (χ0n) is 12.9. The van der Waals surface area contributed by atoms with Crippen molar-refractivity contribution in [3.8, 4) is 5.75 Å². The van der Waals surface area contributed by atoms with E-state index in [9.17, 15) is 22.8 Å². The molecule has 1 aromatic heterocycles. The van der Waals surface area contributed by atoms with Gasteiger partial charge in [0.05, 0.1) is 13.2 Å². The van der Waals surface area contributed by atoms with E-state index in [-0.39, 0.29) is 31.9 Å². The highest BCUT2D eigenvalue weighted by molar-refractivity contribution is 5.31. The molecule has 0 atom stereocenters. The molecule has 0 aliphatic rings. The van der Waals surface area contributed by atoms with Gasteiger partial charge in [0.15, 0.2) is 0 Å². The van der Waals surface area contributed by atoms with Crippen LogP contribution in [0.3, 0.4) is 0 Å². The average molecular weight is 360 g/mol. The van der Waals surface area contributed by atoms with Gasteiger partial charge in [-0.25, -0.2) is 4.79 Å². The van der Waals surface area contributed by atoms with Gasteiger partial charge in [0.25, 0.3) is 5.56 Å². The van der Waals surface area contributed by atoms with Gasteiger partial charge in [-0.15, -0.1) is 13.2 Å². The maximum atomic E-state index is 12.3. The van der Waals surface area contributed by atoms with Crippen molar-refractivity contribution >= 4 is 0 Å². The molecular formula is C15H15F3N2O5. The lowest BCUT2D eigenvalue weighted by atomic mass is 10.1. The van der Waals surface area contributed by atoms with Crippen LogP contribution >= 0.6 is 0 Å². The van der Waals surface area contributed by atoms with Gasteiger partial charge in [-0.2, -0.15) is 0 Å². The molecule has 10 heteroatoms. The Morgan fingerprint density at radius 1 is 1.24 bits per heavy atom. The van der Waals surface area contributed by atoms with Crippen molar-refractivity contribution in [2.24, 2.45) is 0 Å². The van der Waals surface area contributed by atoms with E-state index in [1.807, 2.05) is 0 Å². The smallest absolute Gasteiger partial charge is 0.406 e. The molecule has 0 aliphatic carbocycles. The molecule has 0 bridgehead atoms. The van der Waals surface area contributed by atoms with Crippen molar-refractivity contribution in [2.75, 3.05) is 13.2 Å². The number of rotatable bonds is 7. The molecule has 136 valence electrons. The van der Waals surface area contributed by atoms with Crippen LogP contribution in [0.4, 0.5) is 13.2 Å². The molecule has 0 unspecified atom stereocenters. The predicted octanol–water partition coefficient (Wildman–Crippen LogP) is 0.992. The minimum atomic E-state index is -4.81. The van der Waals surface area contributed by atoms with Gasteiger partial charge in [-0.05, 0) is 17.7 Å². The largest absolute Gasteiger partial charge is 0.573 e. The standard InChI is InChI=1S/C15H15F3N2O5/c16-15(17,18)25-12-3-1-2-10(7-12)6-11-8-20(9-24-5-4-21)14(23)19-13(11)22/h1-3,7-8,21H,4-6,9H2,(H,19,22,23). The first kappa shape index (κ1) is 18.7. The van der Waals surface area contributed by atoms with E-state index in [0.29, 0.717) is 5.56 Å². The predicted molar refractivity (Wildman–Crippen MR) is 80.3 cm³/mol. The normalized spacial score (nSPS) is 11.5. The van der Waals surface area contributed by atoms with E-state index in [1.54, 1.807) is 0 Å². The lowest BCUT2D eigenvalue weighted by Gasteiger charge is -2.11. The Morgan fingerprint density at radius 3 is 2.68 bits per heavy atom. The van der Waals surface area contributed by atoms with Crippen molar-refractivity contribution in [1.82, 2.24) is 9.55 Å². The number of aliphatic hydroxyl groups excluding tert-OH is 1. The summed E-state index contributed by atoms with van der Waals surface area (Å²) in [4.78, 5) is 25.7. The highest BCUT2D eigenvalue weighted by atomic mass is 19.4. The molecule has 7 nitrogen and oxygen atoms in total. The van der Waals surface area contributed by atoms with E-state index in [0.717, 1.165) is 16.7 Å². The molecule has 1 aromatic carbocycles. The number of hydrogen-bond donors (Lipinski definition) is 2. The fourth-order valence-electron chi connectivity index (χ4n) is 2.08. The van der Waals surface area contributed by atoms with Crippen molar-refractivity contribution in [3.05, 3.63) is 62.4 Å². The monoisotopic (exact) mass is 360 g/mol. The van der Waals surface area contributed by atoms with Crippen molar-refractivity contribution in [1.29, 1.82) is 0 Å². The number of aromatic nitrogens is 2. The Morgan fingerprint density at radius 2 is 2.00 bits per heavy atom. The van der Waals surface area contributed by atoms with E-state index in [4.69, 9.17) is 9.84 Å². The van der Waals surface area contributed by atoms with Crippen LogP contribution in [0.1, 0.15) is 11.1 Å². The maximum absolute atomic E-state index is 12.3. The minimum absolute atomic E-state index is 0.00926. The summed E-state index contributed by atoms with van der Waals surface area (Å²) in [6.45, 7) is -0.394. The number of alkyl halides is 3. The molecule has 0 fully saturated rings. The van der Waals surface area contributed by atoms with Crippen LogP contribution in [0.25, 0.3) is 0 Å². The van der Waals surface area contributed by atoms with Crippen LogP contribution in [0.2, 0.25) is 0 Å². The van der Waals surface area contributed by atoms with Crippen LogP contribution in [0, 0.1) is 0 Å². The summed E-state index contributed by atoms with van der Waals surface area (Å²) in [6, 6.07) is 5.20. The topological polar surface area (TPSA) is 93.6 Å². The number of nitrogens with zero attached hydrogens (tertiary/aromatic N) is 1. The number of aromatic amines is 1. The Kier molecular flexibility index (Phi) is 5.99. The lowest BCUT2D eigenvalue weighted by molar-refractivity contribution is -0.274. The van der Waals surface area contributed by atoms with Gasteiger partial charge >= 0.3 is 12.1 Å². The maximum Gasteiger partial charge on any atom is 0.573 e. The molecule has 0 radical (unpaired) electrons. The number of benzene rings is 1. The number of nitrogens with one attached hydrogen (secondary N) is 1. The number of aliphatic hydroxyl groups is 1. The van der Waals surface area contributed by atoms with Crippen molar-refractivity contribution in [2.45, 2.75) is 19.5 Å². The molecule has 2 aromatic rings. The SMILES string of the molecule is O=c1[nH]c(=O)n(COCCO)cc1Cc1cccc(OC(F)(F)F)c1. The highest BCUT2D eigenvalue weighted by Crippen LogP contribution is 2.23. The van der Waals surface area contributed by atoms with Gasteiger partial charge < -0.3 is 14.6 Å². The summed E-state index contributed by atoms with van der Waals surface area (Å²) in [5.74, 6) is -0.402. The van der Waals surface area contributed by atoms with Gasteiger partial charge in [0, 0.05) is 18.2 Å². The fourth-order valence-corrected chi connectivity index (χ4v) is 2.08. The van der Waals surface area contributed by atoms with Crippen LogP contribution in [0.5, 0.6) is 5.75 Å². The Hall–Kier alpha value is -2.59. The number of halogens is 3. The first-order chi connectivity index (χ1) is 11.8. The third-order valence-corrected chi connectivity index (χ3v) is 3.08. The van der Waals surface area contributed by atoms with E-state index < -0.39 is 23.4 Å². The summed E-state index contributed by atoms with van der Waals surface area (Å²) in [5.41, 5.74) is -0.781. The molecule has 0 saturated carbocycles. The summed E-state index contributed by atoms with van der Waals surface area (Å²) in [6.07, 6.45) is -3.56. The summed E-state index contributed by atoms with van der Waals surface area (Å²) in [5, 5.41) is 8.65. The van der Waals surface area contributed by atoms with Crippen LogP contribution in [-0.4, -0.2) is 34.2 Å². The molecule has 0 amide bonds. The quantitative estimate of drug-likeness (QED) is 0.719. The molecule has 2 rings (SSSR count). The highest BCUT2D eigenvalue weighted by Gasteiger charge is 2.31. The zero-order valence-corrected chi connectivity index (χ0v) is 12.9. The molecular weight excluding hydrogens is 345 g/mol. The Bertz CT molecular complexity index is 829. The molecule has 0 aliphatic heterocycles. The van der Waals surface area contributed by atoms with Gasteiger partial charge in [-0.1, -0.05) is 12.1 Å². The molecule has 0 saturated heterocycles. The summed E-state index contributed by atoms with van der Waals surface area (Å²) >= 11 is 0. The average Bonchev–Trinajstić information content (AvgIpc) is 2.50. The zero-order chi connectivity index (χ0) is 18.4. The Balaban J connectivity index is 2.22. The van der Waals surface area contributed by atoms with Crippen LogP contribution < -0.4 is 16.0 Å². The second-order valence-corrected chi connectivity index (χ2v) is 5.02. The van der Waals surface area contributed by atoms with Gasteiger partial charge in [0.1, 0.15) is 12.5 Å². The van der Waals surface area contributed by atoms with E-state index in [1.165, 1.54) is 18.3 Å². The third-order valence-electron chi connectivity index (χ3n) is 3.08. The first-order valence-electron chi connectivity index (χ1n) is 7.14. The van der Waals surface area contributed by atoms with Crippen LogP contribution in [0.15, 0.2) is 40.1 Å². The minimum Gasteiger partial charge on any atom is -0.406 e. The fraction of sp³-hybridized carbons (Fsp3) is 0.333. The summed E-state index contributed by atoms with van der Waals surface area (Å²) in [7, 11) is 0. The number of hydrogen-bond acceptors (Lipinski definition) is 5. The second-order valence-electron chi connectivity index (χ2n) is 5.02. The number of H-pyrrole nitrogens is 1. The molecule has 0 spiro atoms. The molecule has 1 heterocycles. The molecule has 2 N–H and O–H groups in total. The van der Waals surface area contributed by atoms with Gasteiger partial charge in [0.2, 0.25) is 0 Å². The second kappa shape index (κ2) is 7.99. The Labute approximate surface area is 139 Å². The first-order valence-corrected chi connectivity index (χ1v) is 7.14. The number of ether oxygens (including phenoxy) is 2. The van der Waals surface area contributed by atoms with Crippen molar-refractivity contribution < 1.29 is 27.8 Å². The third kappa shape index (κ3) is 5.76. The van der Waals surface area contributed by atoms with Crippen molar-refractivity contribution in [3.63, 3.8) is 0 Å². The summed E-state index contributed by atoms with van der Waals surface area (Å²) < 4.78 is 46.7. The van der Waals surface area contributed by atoms with Gasteiger partial charge in [-0.3, -0.25) is 14.3 Å². The van der Waals surface area contributed by atoms with E-state index in [2.05, 4.69) is 9.72 Å². The van der Waals surface area contributed by atoms with Crippen LogP contribution in [-0.2, 0) is 17.9 Å². The lowest BCUT2D eigenvalue weighted by Crippen LogP contribution is -2.32. The molecule has 25 heavy (non-hydrogen) atoms.